The molecule has 5 nitrogen and oxygen atoms in total. The van der Waals surface area contributed by atoms with Crippen molar-refractivity contribution in [2.45, 2.75) is 0 Å². The zero-order chi connectivity index (χ0) is 15.2. The predicted octanol–water partition coefficient (Wildman–Crippen LogP) is 2.90. The van der Waals surface area contributed by atoms with Gasteiger partial charge in [-0.05, 0) is 30.3 Å². The Kier molecular flexibility index (Phi) is 4.69. The first kappa shape index (κ1) is 14.8. The summed E-state index contributed by atoms with van der Waals surface area (Å²) in [7, 11) is 0. The molecule has 0 spiro atoms. The maximum absolute atomic E-state index is 11.8. The summed E-state index contributed by atoms with van der Waals surface area (Å²) < 4.78 is 0.788. The number of halogens is 1. The lowest BCUT2D eigenvalue weighted by Gasteiger charge is -2.07. The van der Waals surface area contributed by atoms with Gasteiger partial charge >= 0.3 is 11.8 Å². The van der Waals surface area contributed by atoms with E-state index in [0.717, 1.165) is 4.47 Å². The second-order valence-corrected chi connectivity index (χ2v) is 4.99. The first-order valence-electron chi connectivity index (χ1n) is 5.97. The van der Waals surface area contributed by atoms with Crippen LogP contribution in [0.15, 0.2) is 53.0 Å². The minimum Gasteiger partial charge on any atom is -0.318 e. The molecule has 0 aliphatic rings. The number of para-hydroxylation sites is 1. The Hall–Kier alpha value is -2.65. The Morgan fingerprint density at radius 1 is 1.00 bits per heavy atom. The van der Waals surface area contributed by atoms with Gasteiger partial charge in [0.05, 0.1) is 11.3 Å². The molecule has 2 aromatic rings. The van der Waals surface area contributed by atoms with E-state index in [4.69, 9.17) is 5.26 Å². The number of carbonyl (C=O) groups is 2. The van der Waals surface area contributed by atoms with Crippen LogP contribution in [0.5, 0.6) is 0 Å². The molecule has 0 fully saturated rings. The fraction of sp³-hybridized carbons (Fsp3) is 0. The third-order valence-corrected chi connectivity index (χ3v) is 3.08. The SMILES string of the molecule is N#Cc1ccccc1NC(=O)C(=O)Nc1cccc(Br)c1. The molecule has 104 valence electrons. The van der Waals surface area contributed by atoms with E-state index >= 15 is 0 Å². The molecule has 2 rings (SSSR count). The van der Waals surface area contributed by atoms with Crippen molar-refractivity contribution < 1.29 is 9.59 Å². The topological polar surface area (TPSA) is 82.0 Å². The Morgan fingerprint density at radius 3 is 2.43 bits per heavy atom. The third kappa shape index (κ3) is 3.91. The fourth-order valence-corrected chi connectivity index (χ4v) is 2.02. The highest BCUT2D eigenvalue weighted by Gasteiger charge is 2.15. The summed E-state index contributed by atoms with van der Waals surface area (Å²) in [5.41, 5.74) is 1.09. The third-order valence-electron chi connectivity index (χ3n) is 2.58. The summed E-state index contributed by atoms with van der Waals surface area (Å²) >= 11 is 3.27. The van der Waals surface area contributed by atoms with Crippen molar-refractivity contribution in [3.05, 3.63) is 58.6 Å². The highest BCUT2D eigenvalue weighted by molar-refractivity contribution is 9.10. The van der Waals surface area contributed by atoms with Crippen LogP contribution in [0.4, 0.5) is 11.4 Å². The Labute approximate surface area is 129 Å². The number of hydrogen-bond donors (Lipinski definition) is 2. The van der Waals surface area contributed by atoms with Gasteiger partial charge in [-0.2, -0.15) is 5.26 Å². The minimum atomic E-state index is -0.835. The minimum absolute atomic E-state index is 0.293. The van der Waals surface area contributed by atoms with E-state index in [1.54, 1.807) is 48.5 Å². The van der Waals surface area contributed by atoms with Crippen LogP contribution in [0.3, 0.4) is 0 Å². The number of anilines is 2. The molecule has 2 N–H and O–H groups in total. The number of nitriles is 1. The summed E-state index contributed by atoms with van der Waals surface area (Å²) in [5.74, 6) is -1.64. The quantitative estimate of drug-likeness (QED) is 0.822. The molecule has 0 unspecified atom stereocenters. The van der Waals surface area contributed by atoms with Crippen LogP contribution in [0.25, 0.3) is 0 Å². The van der Waals surface area contributed by atoms with Crippen LogP contribution < -0.4 is 10.6 Å². The van der Waals surface area contributed by atoms with Gasteiger partial charge in [0.15, 0.2) is 0 Å². The van der Waals surface area contributed by atoms with Crippen molar-refractivity contribution in [3.8, 4) is 6.07 Å². The molecule has 0 aliphatic carbocycles. The highest BCUT2D eigenvalue weighted by atomic mass is 79.9. The molecule has 0 saturated carbocycles. The highest BCUT2D eigenvalue weighted by Crippen LogP contribution is 2.16. The number of carbonyl (C=O) groups excluding carboxylic acids is 2. The second kappa shape index (κ2) is 6.68. The molecule has 0 saturated heterocycles. The number of nitrogens with one attached hydrogen (secondary N) is 2. The summed E-state index contributed by atoms with van der Waals surface area (Å²) in [5, 5.41) is 13.8. The van der Waals surface area contributed by atoms with Crippen LogP contribution in [0.1, 0.15) is 5.56 Å². The number of amides is 2. The van der Waals surface area contributed by atoms with Crippen molar-refractivity contribution >= 4 is 39.1 Å². The van der Waals surface area contributed by atoms with Crippen LogP contribution in [-0.2, 0) is 9.59 Å². The number of benzene rings is 2. The molecular formula is C15H10BrN3O2. The van der Waals surface area contributed by atoms with Crippen molar-refractivity contribution in [3.63, 3.8) is 0 Å². The largest absolute Gasteiger partial charge is 0.318 e. The van der Waals surface area contributed by atoms with Crippen molar-refractivity contribution in [1.29, 1.82) is 5.26 Å². The number of hydrogen-bond acceptors (Lipinski definition) is 3. The standard InChI is InChI=1S/C15H10BrN3O2/c16-11-5-3-6-12(8-11)18-14(20)15(21)19-13-7-2-1-4-10(13)9-17/h1-8H,(H,18,20)(H,19,21). The maximum atomic E-state index is 11.8. The van der Waals surface area contributed by atoms with E-state index in [1.165, 1.54) is 0 Å². The average Bonchev–Trinajstić information content (AvgIpc) is 2.47. The molecule has 0 radical (unpaired) electrons. The van der Waals surface area contributed by atoms with Crippen LogP contribution in [-0.4, -0.2) is 11.8 Å². The molecule has 2 amide bonds. The van der Waals surface area contributed by atoms with Crippen LogP contribution >= 0.6 is 15.9 Å². The van der Waals surface area contributed by atoms with Crippen molar-refractivity contribution in [2.24, 2.45) is 0 Å². The molecule has 2 aromatic carbocycles. The van der Waals surface area contributed by atoms with Gasteiger partial charge in [-0.1, -0.05) is 34.1 Å². The first-order valence-corrected chi connectivity index (χ1v) is 6.76. The molecule has 0 heterocycles. The molecule has 21 heavy (non-hydrogen) atoms. The second-order valence-electron chi connectivity index (χ2n) is 4.08. The Balaban J connectivity index is 2.07. The lowest BCUT2D eigenvalue weighted by Crippen LogP contribution is -2.29. The number of rotatable bonds is 2. The van der Waals surface area contributed by atoms with Gasteiger partial charge in [-0.3, -0.25) is 9.59 Å². The Bertz CT molecular complexity index is 738. The summed E-state index contributed by atoms with van der Waals surface area (Å²) in [6.45, 7) is 0. The van der Waals surface area contributed by atoms with Gasteiger partial charge < -0.3 is 10.6 Å². The normalized spacial score (nSPS) is 9.52. The number of nitrogens with zero attached hydrogens (tertiary/aromatic N) is 1. The van der Waals surface area contributed by atoms with E-state index in [9.17, 15) is 9.59 Å². The summed E-state index contributed by atoms with van der Waals surface area (Å²) in [4.78, 5) is 23.6. The molecular weight excluding hydrogens is 334 g/mol. The average molecular weight is 344 g/mol. The van der Waals surface area contributed by atoms with Crippen LogP contribution in [0, 0.1) is 11.3 Å². The Morgan fingerprint density at radius 2 is 1.71 bits per heavy atom. The first-order chi connectivity index (χ1) is 10.1. The molecule has 0 atom stereocenters. The molecule has 6 heteroatoms. The van der Waals surface area contributed by atoms with Gasteiger partial charge in [0.25, 0.3) is 0 Å². The zero-order valence-corrected chi connectivity index (χ0v) is 12.3. The van der Waals surface area contributed by atoms with E-state index in [2.05, 4.69) is 26.6 Å². The lowest BCUT2D eigenvalue weighted by atomic mass is 10.2. The van der Waals surface area contributed by atoms with Gasteiger partial charge in [0.2, 0.25) is 0 Å². The predicted molar refractivity (Wildman–Crippen MR) is 82.6 cm³/mol. The molecule has 0 aromatic heterocycles. The van der Waals surface area contributed by atoms with Gasteiger partial charge in [0, 0.05) is 10.2 Å². The van der Waals surface area contributed by atoms with Crippen LogP contribution in [0.2, 0.25) is 0 Å². The van der Waals surface area contributed by atoms with Crippen molar-refractivity contribution in [2.75, 3.05) is 10.6 Å². The molecule has 0 aliphatic heterocycles. The van der Waals surface area contributed by atoms with Gasteiger partial charge in [0.1, 0.15) is 6.07 Å². The monoisotopic (exact) mass is 343 g/mol. The zero-order valence-electron chi connectivity index (χ0n) is 10.8. The van der Waals surface area contributed by atoms with Gasteiger partial charge in [-0.25, -0.2) is 0 Å². The summed E-state index contributed by atoms with van der Waals surface area (Å²) in [6, 6.07) is 15.3. The van der Waals surface area contributed by atoms with E-state index in [-0.39, 0.29) is 0 Å². The lowest BCUT2D eigenvalue weighted by molar-refractivity contribution is -0.133. The maximum Gasteiger partial charge on any atom is 0.314 e. The smallest absolute Gasteiger partial charge is 0.314 e. The fourth-order valence-electron chi connectivity index (χ4n) is 1.62. The molecule has 0 bridgehead atoms. The van der Waals surface area contributed by atoms with E-state index in [1.807, 2.05) is 6.07 Å². The van der Waals surface area contributed by atoms with E-state index < -0.39 is 11.8 Å². The van der Waals surface area contributed by atoms with Crippen molar-refractivity contribution in [1.82, 2.24) is 0 Å². The van der Waals surface area contributed by atoms with E-state index in [0.29, 0.717) is 16.9 Å². The summed E-state index contributed by atoms with van der Waals surface area (Å²) in [6.07, 6.45) is 0. The van der Waals surface area contributed by atoms with Gasteiger partial charge in [-0.15, -0.1) is 0 Å².